The average molecular weight is 399 g/mol. The first-order valence-corrected chi connectivity index (χ1v) is 10.6. The van der Waals surface area contributed by atoms with Crippen LogP contribution in [-0.4, -0.2) is 48.0 Å². The lowest BCUT2D eigenvalue weighted by Gasteiger charge is -2.34. The van der Waals surface area contributed by atoms with Crippen molar-refractivity contribution < 1.29 is 4.74 Å². The van der Waals surface area contributed by atoms with E-state index >= 15 is 0 Å². The Morgan fingerprint density at radius 3 is 2.90 bits per heavy atom. The van der Waals surface area contributed by atoms with E-state index in [4.69, 9.17) is 9.73 Å². The van der Waals surface area contributed by atoms with Crippen molar-refractivity contribution >= 4 is 11.6 Å². The quantitative estimate of drug-likeness (QED) is 0.555. The van der Waals surface area contributed by atoms with Gasteiger partial charge in [-0.3, -0.25) is 4.68 Å². The van der Waals surface area contributed by atoms with E-state index < -0.39 is 0 Å². The van der Waals surface area contributed by atoms with Gasteiger partial charge < -0.3 is 20.3 Å². The van der Waals surface area contributed by atoms with Crippen molar-refractivity contribution in [1.29, 1.82) is 0 Å². The van der Waals surface area contributed by atoms with E-state index in [1.54, 1.807) is 0 Å². The van der Waals surface area contributed by atoms with E-state index in [0.717, 1.165) is 49.7 Å². The van der Waals surface area contributed by atoms with Crippen molar-refractivity contribution in [3.63, 3.8) is 0 Å². The molecule has 1 atom stereocenters. The fourth-order valence-electron chi connectivity index (χ4n) is 3.71. The van der Waals surface area contributed by atoms with E-state index in [1.807, 2.05) is 30.9 Å². The number of benzene rings is 1. The van der Waals surface area contributed by atoms with Gasteiger partial charge in [0.2, 0.25) is 0 Å². The van der Waals surface area contributed by atoms with Gasteiger partial charge in [-0.05, 0) is 50.8 Å². The van der Waals surface area contributed by atoms with Gasteiger partial charge in [0.15, 0.2) is 5.96 Å². The number of aromatic nitrogens is 2. The molecule has 1 aromatic heterocycles. The summed E-state index contributed by atoms with van der Waals surface area (Å²) in [4.78, 5) is 7.21. The van der Waals surface area contributed by atoms with Gasteiger partial charge in [0.25, 0.3) is 0 Å². The van der Waals surface area contributed by atoms with Crippen LogP contribution in [0.25, 0.3) is 0 Å². The average Bonchev–Trinajstić information content (AvgIpc) is 3.15. The molecule has 0 saturated carbocycles. The van der Waals surface area contributed by atoms with Gasteiger partial charge in [0.1, 0.15) is 5.75 Å². The molecule has 0 aliphatic carbocycles. The second-order valence-electron chi connectivity index (χ2n) is 7.53. The van der Waals surface area contributed by atoms with Crippen molar-refractivity contribution in [3.05, 3.63) is 41.7 Å². The van der Waals surface area contributed by atoms with Crippen LogP contribution in [0.3, 0.4) is 0 Å². The summed E-state index contributed by atoms with van der Waals surface area (Å²) >= 11 is 0. The molecule has 2 aromatic rings. The Labute approximate surface area is 174 Å². The molecule has 1 fully saturated rings. The largest absolute Gasteiger partial charge is 0.494 e. The number of rotatable bonds is 7. The van der Waals surface area contributed by atoms with Crippen molar-refractivity contribution in [3.8, 4) is 5.75 Å². The highest BCUT2D eigenvalue weighted by molar-refractivity contribution is 5.80. The molecule has 29 heavy (non-hydrogen) atoms. The van der Waals surface area contributed by atoms with Crippen molar-refractivity contribution in [2.45, 2.75) is 46.2 Å². The van der Waals surface area contributed by atoms with E-state index in [9.17, 15) is 0 Å². The lowest BCUT2D eigenvalue weighted by Crippen LogP contribution is -2.51. The van der Waals surface area contributed by atoms with Gasteiger partial charge in [-0.25, -0.2) is 4.99 Å². The maximum absolute atomic E-state index is 5.63. The normalized spacial score (nSPS) is 17.3. The maximum atomic E-state index is 5.63. The SMILES string of the molecule is CCNC(=NCc1ccc(OCC)c(C)c1)NC1CCCN(c2cnn(C)c2)C1. The Balaban J connectivity index is 1.62. The summed E-state index contributed by atoms with van der Waals surface area (Å²) in [5.41, 5.74) is 3.52. The molecule has 0 bridgehead atoms. The molecule has 0 spiro atoms. The highest BCUT2D eigenvalue weighted by atomic mass is 16.5. The molecule has 2 N–H and O–H groups in total. The molecular weight excluding hydrogens is 364 g/mol. The molecule has 1 aliphatic heterocycles. The maximum Gasteiger partial charge on any atom is 0.191 e. The van der Waals surface area contributed by atoms with Gasteiger partial charge >= 0.3 is 0 Å². The molecule has 7 heteroatoms. The summed E-state index contributed by atoms with van der Waals surface area (Å²) in [6.45, 7) is 10.4. The van der Waals surface area contributed by atoms with Crippen LogP contribution in [-0.2, 0) is 13.6 Å². The number of guanidine groups is 1. The molecule has 3 rings (SSSR count). The van der Waals surface area contributed by atoms with Gasteiger partial charge in [-0.15, -0.1) is 0 Å². The van der Waals surface area contributed by atoms with Crippen LogP contribution in [0.5, 0.6) is 5.75 Å². The molecule has 0 amide bonds. The number of anilines is 1. The zero-order valence-electron chi connectivity index (χ0n) is 18.1. The summed E-state index contributed by atoms with van der Waals surface area (Å²) in [5.74, 6) is 1.82. The van der Waals surface area contributed by atoms with Crippen LogP contribution in [0, 0.1) is 6.92 Å². The molecule has 1 unspecified atom stereocenters. The minimum Gasteiger partial charge on any atom is -0.494 e. The highest BCUT2D eigenvalue weighted by Crippen LogP contribution is 2.20. The molecule has 1 saturated heterocycles. The van der Waals surface area contributed by atoms with Crippen LogP contribution in [0.1, 0.15) is 37.8 Å². The third-order valence-electron chi connectivity index (χ3n) is 5.12. The standard InChI is InChI=1S/C22H34N6O/c1-5-23-22(24-13-18-9-10-21(29-6-2)17(3)12-18)26-19-8-7-11-28(15-19)20-14-25-27(4)16-20/h9-10,12,14,16,19H,5-8,11,13,15H2,1-4H3,(H2,23,24,26). The van der Waals surface area contributed by atoms with Crippen molar-refractivity contribution in [2.75, 3.05) is 31.1 Å². The zero-order chi connectivity index (χ0) is 20.6. The molecule has 1 aliphatic rings. The predicted molar refractivity (Wildman–Crippen MR) is 119 cm³/mol. The molecule has 2 heterocycles. The van der Waals surface area contributed by atoms with E-state index in [2.05, 4.69) is 52.8 Å². The number of hydrogen-bond donors (Lipinski definition) is 2. The predicted octanol–water partition coefficient (Wildman–Crippen LogP) is 2.85. The third-order valence-corrected chi connectivity index (χ3v) is 5.12. The zero-order valence-corrected chi connectivity index (χ0v) is 18.1. The number of ether oxygens (including phenoxy) is 1. The van der Waals surface area contributed by atoms with E-state index in [-0.39, 0.29) is 0 Å². The Hall–Kier alpha value is -2.70. The number of nitrogens with zero attached hydrogens (tertiary/aromatic N) is 4. The number of nitrogens with one attached hydrogen (secondary N) is 2. The first kappa shape index (κ1) is 21.0. The molecule has 1 aromatic carbocycles. The summed E-state index contributed by atoms with van der Waals surface area (Å²) < 4.78 is 7.49. The topological polar surface area (TPSA) is 66.7 Å². The second-order valence-corrected chi connectivity index (χ2v) is 7.53. The molecule has 7 nitrogen and oxygen atoms in total. The third kappa shape index (κ3) is 5.89. The fraction of sp³-hybridized carbons (Fsp3) is 0.545. The van der Waals surface area contributed by atoms with Gasteiger partial charge in [-0.2, -0.15) is 5.10 Å². The van der Waals surface area contributed by atoms with Gasteiger partial charge in [0, 0.05) is 38.9 Å². The summed E-state index contributed by atoms with van der Waals surface area (Å²) in [6, 6.07) is 6.65. The fourth-order valence-corrected chi connectivity index (χ4v) is 3.71. The Morgan fingerprint density at radius 1 is 1.34 bits per heavy atom. The van der Waals surface area contributed by atoms with E-state index in [1.165, 1.54) is 11.3 Å². The summed E-state index contributed by atoms with van der Waals surface area (Å²) in [7, 11) is 1.96. The Bertz CT molecular complexity index is 815. The van der Waals surface area contributed by atoms with E-state index in [0.29, 0.717) is 19.2 Å². The monoisotopic (exact) mass is 398 g/mol. The minimum atomic E-state index is 0.365. The van der Waals surface area contributed by atoms with Crippen LogP contribution < -0.4 is 20.3 Å². The van der Waals surface area contributed by atoms with Gasteiger partial charge in [0.05, 0.1) is 25.0 Å². The highest BCUT2D eigenvalue weighted by Gasteiger charge is 2.21. The number of aliphatic imine (C=N–C) groups is 1. The molecular formula is C22H34N6O. The van der Waals surface area contributed by atoms with Crippen LogP contribution in [0.4, 0.5) is 5.69 Å². The number of hydrogen-bond acceptors (Lipinski definition) is 4. The van der Waals surface area contributed by atoms with Gasteiger partial charge in [-0.1, -0.05) is 12.1 Å². The van der Waals surface area contributed by atoms with Crippen LogP contribution >= 0.6 is 0 Å². The second kappa shape index (κ2) is 10.2. The lowest BCUT2D eigenvalue weighted by molar-refractivity contribution is 0.338. The number of piperidine rings is 1. The van der Waals surface area contributed by atoms with Crippen LogP contribution in [0.2, 0.25) is 0 Å². The molecule has 0 radical (unpaired) electrons. The van der Waals surface area contributed by atoms with Crippen LogP contribution in [0.15, 0.2) is 35.6 Å². The first-order chi connectivity index (χ1) is 14.1. The van der Waals surface area contributed by atoms with Crippen molar-refractivity contribution in [2.24, 2.45) is 12.0 Å². The Kier molecular flexibility index (Phi) is 7.38. The Morgan fingerprint density at radius 2 is 2.21 bits per heavy atom. The smallest absolute Gasteiger partial charge is 0.191 e. The van der Waals surface area contributed by atoms with Crippen molar-refractivity contribution in [1.82, 2.24) is 20.4 Å². The summed E-state index contributed by atoms with van der Waals surface area (Å²) in [6.07, 6.45) is 6.32. The minimum absolute atomic E-state index is 0.365. The molecule has 158 valence electrons. The lowest BCUT2D eigenvalue weighted by atomic mass is 10.1. The first-order valence-electron chi connectivity index (χ1n) is 10.6. The summed E-state index contributed by atoms with van der Waals surface area (Å²) in [5, 5.41) is 11.3. The number of aryl methyl sites for hydroxylation is 2.